The topological polar surface area (TPSA) is 19.4 Å². The van der Waals surface area contributed by atoms with E-state index >= 15 is 0 Å². The van der Waals surface area contributed by atoms with Crippen molar-refractivity contribution in [1.29, 1.82) is 0 Å². The predicted molar refractivity (Wildman–Crippen MR) is 67.9 cm³/mol. The van der Waals surface area contributed by atoms with Crippen molar-refractivity contribution in [2.45, 2.75) is 25.8 Å². The molecule has 3 nitrogen and oxygen atoms in total. The first-order chi connectivity index (χ1) is 7.59. The third-order valence-corrected chi connectivity index (χ3v) is 3.47. The molecule has 0 bridgehead atoms. The first kappa shape index (κ1) is 11.4. The Morgan fingerprint density at radius 2 is 2.19 bits per heavy atom. The number of aryl methyl sites for hydroxylation is 1. The summed E-state index contributed by atoms with van der Waals surface area (Å²) in [5, 5.41) is 0. The van der Waals surface area contributed by atoms with Crippen molar-refractivity contribution in [3.05, 3.63) is 23.4 Å². The number of hydrogen-bond acceptors (Lipinski definition) is 3. The molecule has 0 aromatic carbocycles. The van der Waals surface area contributed by atoms with Crippen LogP contribution in [0.4, 0.5) is 5.82 Å². The Morgan fingerprint density at radius 1 is 1.44 bits per heavy atom. The fourth-order valence-corrected chi connectivity index (χ4v) is 2.45. The van der Waals surface area contributed by atoms with Crippen molar-refractivity contribution in [3.63, 3.8) is 0 Å². The minimum Gasteiger partial charge on any atom is -0.363 e. The van der Waals surface area contributed by atoms with E-state index in [-0.39, 0.29) is 0 Å². The van der Waals surface area contributed by atoms with Crippen LogP contribution in [0.2, 0.25) is 0 Å². The molecule has 0 amide bonds. The summed E-state index contributed by atoms with van der Waals surface area (Å²) in [6, 6.07) is 2.75. The summed E-state index contributed by atoms with van der Waals surface area (Å²) in [4.78, 5) is 9.00. The van der Waals surface area contributed by atoms with Crippen LogP contribution in [0.3, 0.4) is 0 Å². The molecule has 88 valence electrons. The van der Waals surface area contributed by atoms with Gasteiger partial charge in [0.05, 0.1) is 0 Å². The lowest BCUT2D eigenvalue weighted by molar-refractivity contribution is 0.316. The molecule has 1 aromatic heterocycles. The van der Waals surface area contributed by atoms with Gasteiger partial charge in [-0.2, -0.15) is 0 Å². The molecule has 2 heterocycles. The van der Waals surface area contributed by atoms with Gasteiger partial charge in [0.15, 0.2) is 0 Å². The summed E-state index contributed by atoms with van der Waals surface area (Å²) in [6.07, 6.45) is 4.62. The molecule has 16 heavy (non-hydrogen) atoms. The van der Waals surface area contributed by atoms with Crippen molar-refractivity contribution in [1.82, 2.24) is 9.88 Å². The zero-order chi connectivity index (χ0) is 11.7. The van der Waals surface area contributed by atoms with Crippen LogP contribution in [0, 0.1) is 6.92 Å². The van der Waals surface area contributed by atoms with Crippen molar-refractivity contribution < 1.29 is 0 Å². The fraction of sp³-hybridized carbons (Fsp3) is 0.615. The number of hydrogen-bond donors (Lipinski definition) is 0. The molecule has 1 aliphatic rings. The lowest BCUT2D eigenvalue weighted by Gasteiger charge is -2.22. The van der Waals surface area contributed by atoms with Gasteiger partial charge >= 0.3 is 0 Å². The van der Waals surface area contributed by atoms with E-state index in [0.29, 0.717) is 6.04 Å². The number of likely N-dealkylation sites (tertiary alicyclic amines) is 1. The average Bonchev–Trinajstić information content (AvgIpc) is 2.64. The third kappa shape index (κ3) is 2.05. The summed E-state index contributed by atoms with van der Waals surface area (Å²) in [5.41, 5.74) is 2.75. The highest BCUT2D eigenvalue weighted by molar-refractivity contribution is 5.42. The maximum atomic E-state index is 4.52. The van der Waals surface area contributed by atoms with Crippen LogP contribution >= 0.6 is 0 Å². The monoisotopic (exact) mass is 219 g/mol. The van der Waals surface area contributed by atoms with Gasteiger partial charge in [-0.1, -0.05) is 0 Å². The van der Waals surface area contributed by atoms with Crippen molar-refractivity contribution in [2.75, 3.05) is 32.6 Å². The van der Waals surface area contributed by atoms with Gasteiger partial charge in [0.25, 0.3) is 0 Å². The average molecular weight is 219 g/mol. The molecule has 1 fully saturated rings. The fourth-order valence-electron chi connectivity index (χ4n) is 2.45. The molecule has 1 saturated heterocycles. The van der Waals surface area contributed by atoms with E-state index in [1.165, 1.54) is 30.5 Å². The highest BCUT2D eigenvalue weighted by Gasteiger charge is 2.24. The van der Waals surface area contributed by atoms with Crippen LogP contribution in [0.1, 0.15) is 30.0 Å². The van der Waals surface area contributed by atoms with Gasteiger partial charge in [0, 0.05) is 26.3 Å². The molecule has 0 radical (unpaired) electrons. The first-order valence-corrected chi connectivity index (χ1v) is 5.93. The molecule has 0 saturated carbocycles. The zero-order valence-corrected chi connectivity index (χ0v) is 10.7. The van der Waals surface area contributed by atoms with Crippen LogP contribution < -0.4 is 4.90 Å². The molecule has 2 rings (SSSR count). The molecule has 0 unspecified atom stereocenters. The van der Waals surface area contributed by atoms with Gasteiger partial charge in [-0.15, -0.1) is 0 Å². The molecule has 0 N–H and O–H groups in total. The zero-order valence-electron chi connectivity index (χ0n) is 10.7. The summed E-state index contributed by atoms with van der Waals surface area (Å²) in [6.45, 7) is 3.40. The number of anilines is 1. The standard InChI is InChI=1S/C13H21N3/c1-10-8-13(15(2)3)14-9-11(10)12-6-5-7-16(12)4/h8-9,12H,5-7H2,1-4H3/t12-/m0/s1. The highest BCUT2D eigenvalue weighted by Crippen LogP contribution is 2.32. The Bertz CT molecular complexity index is 373. The van der Waals surface area contributed by atoms with Gasteiger partial charge in [0.2, 0.25) is 0 Å². The summed E-state index contributed by atoms with van der Waals surface area (Å²) < 4.78 is 0. The van der Waals surface area contributed by atoms with Crippen LogP contribution in [0.15, 0.2) is 12.3 Å². The summed E-state index contributed by atoms with van der Waals surface area (Å²) in [7, 11) is 6.27. The second-order valence-corrected chi connectivity index (χ2v) is 4.93. The lowest BCUT2D eigenvalue weighted by Crippen LogP contribution is -2.19. The van der Waals surface area contributed by atoms with E-state index in [0.717, 1.165) is 5.82 Å². The lowest BCUT2D eigenvalue weighted by atomic mass is 10.0. The van der Waals surface area contributed by atoms with E-state index in [1.807, 2.05) is 14.1 Å². The smallest absolute Gasteiger partial charge is 0.128 e. The van der Waals surface area contributed by atoms with Gasteiger partial charge < -0.3 is 4.90 Å². The molecule has 1 aliphatic heterocycles. The molecule has 0 spiro atoms. The van der Waals surface area contributed by atoms with Gasteiger partial charge in [-0.3, -0.25) is 4.90 Å². The Balaban J connectivity index is 2.28. The quantitative estimate of drug-likeness (QED) is 0.760. The van der Waals surface area contributed by atoms with E-state index in [2.05, 4.69) is 41.0 Å². The van der Waals surface area contributed by atoms with Crippen molar-refractivity contribution >= 4 is 5.82 Å². The SMILES string of the molecule is Cc1cc(N(C)C)ncc1[C@@H]1CCCN1C. The van der Waals surface area contributed by atoms with Crippen LogP contribution in [-0.2, 0) is 0 Å². The molecule has 0 aliphatic carbocycles. The van der Waals surface area contributed by atoms with Crippen LogP contribution in [0.5, 0.6) is 0 Å². The summed E-state index contributed by atoms with van der Waals surface area (Å²) in [5.74, 6) is 1.04. The van der Waals surface area contributed by atoms with Crippen molar-refractivity contribution in [3.8, 4) is 0 Å². The van der Waals surface area contributed by atoms with Crippen molar-refractivity contribution in [2.24, 2.45) is 0 Å². The van der Waals surface area contributed by atoms with Crippen LogP contribution in [-0.4, -0.2) is 37.6 Å². The minimum atomic E-state index is 0.573. The Labute approximate surface area is 98.1 Å². The molecule has 3 heteroatoms. The number of rotatable bonds is 2. The Kier molecular flexibility index (Phi) is 3.15. The van der Waals surface area contributed by atoms with E-state index < -0.39 is 0 Å². The number of pyridine rings is 1. The maximum absolute atomic E-state index is 4.52. The van der Waals surface area contributed by atoms with E-state index in [4.69, 9.17) is 0 Å². The Hall–Kier alpha value is -1.09. The molecule has 1 atom stereocenters. The first-order valence-electron chi connectivity index (χ1n) is 5.93. The molecular formula is C13H21N3. The predicted octanol–water partition coefficient (Wildman–Crippen LogP) is 2.22. The normalized spacial score (nSPS) is 21.4. The molecule has 1 aromatic rings. The van der Waals surface area contributed by atoms with E-state index in [1.54, 1.807) is 0 Å². The third-order valence-electron chi connectivity index (χ3n) is 3.47. The number of aromatic nitrogens is 1. The van der Waals surface area contributed by atoms with Crippen LogP contribution in [0.25, 0.3) is 0 Å². The maximum Gasteiger partial charge on any atom is 0.128 e. The van der Waals surface area contributed by atoms with Gasteiger partial charge in [-0.25, -0.2) is 4.98 Å². The highest BCUT2D eigenvalue weighted by atomic mass is 15.2. The molecular weight excluding hydrogens is 198 g/mol. The second-order valence-electron chi connectivity index (χ2n) is 4.93. The minimum absolute atomic E-state index is 0.573. The Morgan fingerprint density at radius 3 is 2.69 bits per heavy atom. The van der Waals surface area contributed by atoms with Gasteiger partial charge in [-0.05, 0) is 50.6 Å². The largest absolute Gasteiger partial charge is 0.363 e. The number of nitrogens with zero attached hydrogens (tertiary/aromatic N) is 3. The van der Waals surface area contributed by atoms with E-state index in [9.17, 15) is 0 Å². The van der Waals surface area contributed by atoms with Gasteiger partial charge in [0.1, 0.15) is 5.82 Å². The summed E-state index contributed by atoms with van der Waals surface area (Å²) >= 11 is 0. The second kappa shape index (κ2) is 4.42.